The molecule has 22 heavy (non-hydrogen) atoms. The number of nitrogens with zero attached hydrogens (tertiary/aromatic N) is 3. The topological polar surface area (TPSA) is 73.6 Å². The molecule has 0 fully saturated rings. The van der Waals surface area contributed by atoms with E-state index in [1.807, 2.05) is 30.3 Å². The third-order valence-electron chi connectivity index (χ3n) is 3.25. The quantitative estimate of drug-likeness (QED) is 0.676. The van der Waals surface area contributed by atoms with Gasteiger partial charge in [-0.05, 0) is 12.5 Å². The van der Waals surface area contributed by atoms with Gasteiger partial charge in [0.1, 0.15) is 6.33 Å². The standard InChI is InChI=1S/C16H13N3O3/c1-10-15(22-11(2)20)18-14-13(12-6-4-3-5-7-12)8-17-9-19(14)16(10)21/h3-9H,1-2H3. The van der Waals surface area contributed by atoms with E-state index < -0.39 is 5.97 Å². The van der Waals surface area contributed by atoms with Gasteiger partial charge in [0.05, 0.1) is 5.56 Å². The summed E-state index contributed by atoms with van der Waals surface area (Å²) in [6.07, 6.45) is 3.03. The normalized spacial score (nSPS) is 10.6. The monoisotopic (exact) mass is 295 g/mol. The van der Waals surface area contributed by atoms with Crippen LogP contribution in [0.1, 0.15) is 12.5 Å². The third-order valence-corrected chi connectivity index (χ3v) is 3.25. The van der Waals surface area contributed by atoms with Crippen molar-refractivity contribution in [2.75, 3.05) is 0 Å². The van der Waals surface area contributed by atoms with E-state index in [0.717, 1.165) is 5.56 Å². The second-order valence-electron chi connectivity index (χ2n) is 4.81. The highest BCUT2D eigenvalue weighted by molar-refractivity contribution is 5.77. The average Bonchev–Trinajstić information content (AvgIpc) is 2.52. The largest absolute Gasteiger partial charge is 0.407 e. The maximum atomic E-state index is 12.4. The number of hydrogen-bond acceptors (Lipinski definition) is 5. The van der Waals surface area contributed by atoms with Crippen LogP contribution in [0.5, 0.6) is 5.88 Å². The zero-order valence-corrected chi connectivity index (χ0v) is 12.1. The van der Waals surface area contributed by atoms with Gasteiger partial charge in [0, 0.05) is 18.7 Å². The first-order valence-corrected chi connectivity index (χ1v) is 6.68. The van der Waals surface area contributed by atoms with Crippen LogP contribution in [-0.2, 0) is 4.79 Å². The van der Waals surface area contributed by atoms with Crippen molar-refractivity contribution in [3.8, 4) is 17.0 Å². The van der Waals surface area contributed by atoms with Gasteiger partial charge in [0.15, 0.2) is 5.65 Å². The number of carbonyl (C=O) groups is 1. The molecule has 0 aliphatic heterocycles. The first kappa shape index (κ1) is 13.9. The molecule has 0 bridgehead atoms. The van der Waals surface area contributed by atoms with Crippen LogP contribution in [0.4, 0.5) is 0 Å². The number of benzene rings is 1. The Bertz CT molecular complexity index is 917. The minimum Gasteiger partial charge on any atom is -0.407 e. The second-order valence-corrected chi connectivity index (χ2v) is 4.81. The molecule has 3 rings (SSSR count). The molecule has 2 aromatic heterocycles. The van der Waals surface area contributed by atoms with Gasteiger partial charge in [0.2, 0.25) is 5.88 Å². The van der Waals surface area contributed by atoms with Crippen molar-refractivity contribution in [1.82, 2.24) is 14.4 Å². The van der Waals surface area contributed by atoms with E-state index in [2.05, 4.69) is 9.97 Å². The average molecular weight is 295 g/mol. The summed E-state index contributed by atoms with van der Waals surface area (Å²) in [7, 11) is 0. The van der Waals surface area contributed by atoms with Crippen molar-refractivity contribution < 1.29 is 9.53 Å². The zero-order valence-electron chi connectivity index (χ0n) is 12.1. The van der Waals surface area contributed by atoms with Crippen LogP contribution in [-0.4, -0.2) is 20.3 Å². The molecule has 0 aliphatic rings. The third kappa shape index (κ3) is 2.35. The van der Waals surface area contributed by atoms with E-state index in [1.165, 1.54) is 17.7 Å². The lowest BCUT2D eigenvalue weighted by atomic mass is 10.1. The Morgan fingerprint density at radius 1 is 1.23 bits per heavy atom. The highest BCUT2D eigenvalue weighted by atomic mass is 16.5. The summed E-state index contributed by atoms with van der Waals surface area (Å²) in [4.78, 5) is 32.0. The van der Waals surface area contributed by atoms with Crippen LogP contribution in [0.2, 0.25) is 0 Å². The van der Waals surface area contributed by atoms with E-state index in [4.69, 9.17) is 4.74 Å². The van der Waals surface area contributed by atoms with Crippen LogP contribution in [0, 0.1) is 6.92 Å². The Balaban J connectivity index is 2.34. The van der Waals surface area contributed by atoms with Crippen LogP contribution in [0.3, 0.4) is 0 Å². The Morgan fingerprint density at radius 2 is 1.95 bits per heavy atom. The van der Waals surface area contributed by atoms with Gasteiger partial charge in [-0.15, -0.1) is 0 Å². The Hall–Kier alpha value is -3.02. The van der Waals surface area contributed by atoms with Gasteiger partial charge < -0.3 is 4.74 Å². The zero-order chi connectivity index (χ0) is 15.7. The van der Waals surface area contributed by atoms with Gasteiger partial charge in [-0.2, -0.15) is 4.98 Å². The summed E-state index contributed by atoms with van der Waals surface area (Å²) < 4.78 is 6.39. The molecule has 1 aromatic carbocycles. The molecule has 0 atom stereocenters. The summed E-state index contributed by atoms with van der Waals surface area (Å²) in [5, 5.41) is 0. The van der Waals surface area contributed by atoms with E-state index in [0.29, 0.717) is 11.2 Å². The SMILES string of the molecule is CC(=O)Oc1nc2c(-c3ccccc3)cncn2c(=O)c1C. The first-order chi connectivity index (χ1) is 10.6. The predicted molar refractivity (Wildman–Crippen MR) is 80.7 cm³/mol. The number of rotatable bonds is 2. The summed E-state index contributed by atoms with van der Waals surface area (Å²) >= 11 is 0. The molecule has 6 heteroatoms. The van der Waals surface area contributed by atoms with E-state index >= 15 is 0 Å². The molecular weight excluding hydrogens is 282 g/mol. The van der Waals surface area contributed by atoms with E-state index in [9.17, 15) is 9.59 Å². The number of aromatic nitrogens is 3. The van der Waals surface area contributed by atoms with Gasteiger partial charge in [0.25, 0.3) is 5.56 Å². The summed E-state index contributed by atoms with van der Waals surface area (Å²) in [6.45, 7) is 2.84. The Morgan fingerprint density at radius 3 is 2.64 bits per heavy atom. The molecule has 3 aromatic rings. The maximum Gasteiger partial charge on any atom is 0.309 e. The lowest BCUT2D eigenvalue weighted by Gasteiger charge is -2.10. The van der Waals surface area contributed by atoms with Crippen molar-refractivity contribution in [2.24, 2.45) is 0 Å². The summed E-state index contributed by atoms with van der Waals surface area (Å²) in [5.74, 6) is -0.490. The number of fused-ring (bicyclic) bond motifs is 1. The number of carbonyl (C=O) groups excluding carboxylic acids is 1. The van der Waals surface area contributed by atoms with E-state index in [1.54, 1.807) is 13.1 Å². The molecule has 0 saturated carbocycles. The highest BCUT2D eigenvalue weighted by Gasteiger charge is 2.15. The minimum atomic E-state index is -0.519. The van der Waals surface area contributed by atoms with Gasteiger partial charge in [-0.25, -0.2) is 9.38 Å². The van der Waals surface area contributed by atoms with Gasteiger partial charge >= 0.3 is 5.97 Å². The molecule has 0 saturated heterocycles. The van der Waals surface area contributed by atoms with Crippen LogP contribution in [0.15, 0.2) is 47.7 Å². The van der Waals surface area contributed by atoms with Crippen LogP contribution >= 0.6 is 0 Å². The number of esters is 1. The van der Waals surface area contributed by atoms with Gasteiger partial charge in [-0.1, -0.05) is 30.3 Å². The summed E-state index contributed by atoms with van der Waals surface area (Å²) in [6, 6.07) is 9.47. The fourth-order valence-electron chi connectivity index (χ4n) is 2.19. The molecule has 0 radical (unpaired) electrons. The number of hydrogen-bond donors (Lipinski definition) is 0. The fourth-order valence-corrected chi connectivity index (χ4v) is 2.19. The summed E-state index contributed by atoms with van der Waals surface area (Å²) in [5.41, 5.74) is 1.91. The molecule has 110 valence electrons. The first-order valence-electron chi connectivity index (χ1n) is 6.68. The lowest BCUT2D eigenvalue weighted by molar-refractivity contribution is -0.132. The molecule has 2 heterocycles. The van der Waals surface area contributed by atoms with Crippen LogP contribution < -0.4 is 10.3 Å². The maximum absolute atomic E-state index is 12.4. The molecule has 0 aliphatic carbocycles. The molecule has 0 N–H and O–H groups in total. The van der Waals surface area contributed by atoms with Crippen molar-refractivity contribution >= 4 is 11.6 Å². The molecule has 0 spiro atoms. The molecule has 0 unspecified atom stereocenters. The second kappa shape index (κ2) is 5.40. The predicted octanol–water partition coefficient (Wildman–Crippen LogP) is 1.99. The van der Waals surface area contributed by atoms with Gasteiger partial charge in [-0.3, -0.25) is 9.59 Å². The fraction of sp³-hybridized carbons (Fsp3) is 0.125. The van der Waals surface area contributed by atoms with E-state index in [-0.39, 0.29) is 17.0 Å². The Kier molecular flexibility index (Phi) is 3.42. The minimum absolute atomic E-state index is 0.0286. The molecule has 0 amide bonds. The molecular formula is C16H13N3O3. The Labute approximate surface area is 126 Å². The van der Waals surface area contributed by atoms with Crippen molar-refractivity contribution in [3.05, 3.63) is 58.8 Å². The smallest absolute Gasteiger partial charge is 0.309 e. The highest BCUT2D eigenvalue weighted by Crippen LogP contribution is 2.23. The number of ether oxygens (including phenoxy) is 1. The van der Waals surface area contributed by atoms with Crippen molar-refractivity contribution in [2.45, 2.75) is 13.8 Å². The van der Waals surface area contributed by atoms with Crippen molar-refractivity contribution in [1.29, 1.82) is 0 Å². The molecule has 6 nitrogen and oxygen atoms in total. The lowest BCUT2D eigenvalue weighted by Crippen LogP contribution is -2.21. The van der Waals surface area contributed by atoms with Crippen LogP contribution in [0.25, 0.3) is 16.8 Å². The van der Waals surface area contributed by atoms with Crippen molar-refractivity contribution in [3.63, 3.8) is 0 Å².